The minimum Gasteiger partial charge on any atom is -0.293 e. The summed E-state index contributed by atoms with van der Waals surface area (Å²) in [5, 5.41) is 12.0. The zero-order valence-corrected chi connectivity index (χ0v) is 33.8. The Kier molecular flexibility index (Phi) is 9.85. The lowest BCUT2D eigenvalue weighted by Crippen LogP contribution is -2.38. The van der Waals surface area contributed by atoms with Crippen LogP contribution in [-0.4, -0.2) is 48.9 Å². The fourth-order valence-electron chi connectivity index (χ4n) is 9.77. The average molecular weight is 800 g/mol. The zero-order valence-electron chi connectivity index (χ0n) is 32.2. The van der Waals surface area contributed by atoms with E-state index in [9.17, 15) is 22.1 Å². The number of carbonyl (C=O) groups is 2. The van der Waals surface area contributed by atoms with Gasteiger partial charge in [-0.3, -0.25) is 9.59 Å². The minimum absolute atomic E-state index is 0.154. The molecule has 0 N–H and O–H groups in total. The van der Waals surface area contributed by atoms with Crippen molar-refractivity contribution in [3.05, 3.63) is 142 Å². The Labute approximate surface area is 334 Å². The van der Waals surface area contributed by atoms with Crippen molar-refractivity contribution in [1.82, 2.24) is 7.94 Å². The van der Waals surface area contributed by atoms with Gasteiger partial charge in [0.05, 0.1) is 29.6 Å². The molecule has 8 rings (SSSR count). The quantitative estimate of drug-likeness (QED) is 0.151. The summed E-state index contributed by atoms with van der Waals surface area (Å²) in [5.74, 6) is -0.577. The molecule has 2 aliphatic rings. The second kappa shape index (κ2) is 14.6. The molecule has 2 atom stereocenters. The smallest absolute Gasteiger partial charge is 0.236 e. The zero-order chi connectivity index (χ0) is 40.2. The van der Waals surface area contributed by atoms with Crippen LogP contribution in [0.4, 0.5) is 0 Å². The number of nitrogens with zero attached hydrogens (tertiary/aromatic N) is 3. The van der Waals surface area contributed by atoms with E-state index in [2.05, 4.69) is 6.07 Å². The predicted molar refractivity (Wildman–Crippen MR) is 223 cm³/mol. The van der Waals surface area contributed by atoms with Crippen LogP contribution in [0.15, 0.2) is 103 Å². The number of benzene rings is 4. The Hall–Kier alpha value is -5.31. The highest BCUT2D eigenvalue weighted by Crippen LogP contribution is 2.47. The summed E-state index contributed by atoms with van der Waals surface area (Å²) in [6, 6.07) is 34.1. The number of hydrogen-bond acceptors (Lipinski definition) is 7. The second-order valence-corrected chi connectivity index (χ2v) is 19.7. The van der Waals surface area contributed by atoms with Crippen molar-refractivity contribution in [2.75, 3.05) is 12.5 Å². The van der Waals surface area contributed by atoms with Gasteiger partial charge in [0.2, 0.25) is 20.0 Å². The summed E-state index contributed by atoms with van der Waals surface area (Å²) >= 11 is 0. The van der Waals surface area contributed by atoms with Gasteiger partial charge >= 0.3 is 0 Å². The van der Waals surface area contributed by atoms with Crippen LogP contribution in [0.5, 0.6) is 0 Å². The first-order valence-electron chi connectivity index (χ1n) is 19.6. The molecule has 292 valence electrons. The Balaban J connectivity index is 1.40. The number of Topliss-reactive ketones (excluding diaryl/α,β-unsaturated/α-hetero) is 2. The van der Waals surface area contributed by atoms with Crippen molar-refractivity contribution in [3.63, 3.8) is 0 Å². The van der Waals surface area contributed by atoms with Crippen LogP contribution in [0, 0.1) is 22.2 Å². The number of fused-ring (bicyclic) bond motifs is 6. The van der Waals surface area contributed by atoms with E-state index >= 15 is 9.59 Å². The third-order valence-corrected chi connectivity index (χ3v) is 14.3. The lowest BCUT2D eigenvalue weighted by Gasteiger charge is -2.35. The number of carbonyl (C=O) groups excluding carboxylic acids is 2. The third kappa shape index (κ3) is 6.72. The number of rotatable bonds is 8. The van der Waals surface area contributed by atoms with Gasteiger partial charge in [-0.05, 0) is 86.6 Å². The van der Waals surface area contributed by atoms with E-state index < -0.39 is 36.7 Å². The van der Waals surface area contributed by atoms with Crippen LogP contribution in [0.25, 0.3) is 21.8 Å². The summed E-state index contributed by atoms with van der Waals surface area (Å²) in [6.45, 7) is 0. The Morgan fingerprint density at radius 3 is 1.77 bits per heavy atom. The largest absolute Gasteiger partial charge is 0.293 e. The summed E-state index contributed by atoms with van der Waals surface area (Å²) in [7, 11) is -7.73. The minimum atomic E-state index is -3.94. The summed E-state index contributed by atoms with van der Waals surface area (Å²) in [5.41, 5.74) is 2.15. The van der Waals surface area contributed by atoms with Crippen molar-refractivity contribution in [3.8, 4) is 6.07 Å². The molecule has 4 aromatic carbocycles. The highest BCUT2D eigenvalue weighted by Gasteiger charge is 2.46. The second-order valence-electron chi connectivity index (χ2n) is 16.1. The van der Waals surface area contributed by atoms with E-state index in [4.69, 9.17) is 0 Å². The highest BCUT2D eigenvalue weighted by atomic mass is 32.2. The van der Waals surface area contributed by atoms with E-state index in [1.165, 1.54) is 7.94 Å². The number of hydrogen-bond donors (Lipinski definition) is 0. The molecule has 0 saturated carbocycles. The molecular formula is C46H45N3O6S2. The molecule has 0 aliphatic heterocycles. The molecule has 0 saturated heterocycles. The summed E-state index contributed by atoms with van der Waals surface area (Å²) in [6.07, 6.45) is 6.96. The molecule has 2 heterocycles. The number of aromatic nitrogens is 2. The predicted octanol–water partition coefficient (Wildman–Crippen LogP) is 8.25. The van der Waals surface area contributed by atoms with Gasteiger partial charge in [0, 0.05) is 38.7 Å². The molecule has 6 aromatic rings. The van der Waals surface area contributed by atoms with Crippen LogP contribution in [0.3, 0.4) is 0 Å². The van der Waals surface area contributed by atoms with Gasteiger partial charge in [-0.2, -0.15) is 5.26 Å². The van der Waals surface area contributed by atoms with Crippen molar-refractivity contribution >= 4 is 53.4 Å². The first kappa shape index (κ1) is 38.6. The van der Waals surface area contributed by atoms with Gasteiger partial charge in [-0.15, -0.1) is 0 Å². The van der Waals surface area contributed by atoms with E-state index in [1.807, 2.05) is 78.9 Å². The molecule has 0 unspecified atom stereocenters. The van der Waals surface area contributed by atoms with Crippen LogP contribution in [-0.2, 0) is 52.2 Å². The average Bonchev–Trinajstić information content (AvgIpc) is 3.70. The first-order chi connectivity index (χ1) is 27.3. The lowest BCUT2D eigenvalue weighted by molar-refractivity contribution is 0.0762. The van der Waals surface area contributed by atoms with Crippen molar-refractivity contribution in [2.45, 2.75) is 70.6 Å². The van der Waals surface area contributed by atoms with Crippen LogP contribution in [0.2, 0.25) is 0 Å². The maximum absolute atomic E-state index is 15.8. The van der Waals surface area contributed by atoms with E-state index in [0.717, 1.165) is 23.6 Å². The highest BCUT2D eigenvalue weighted by molar-refractivity contribution is 7.89. The van der Waals surface area contributed by atoms with Crippen molar-refractivity contribution < 1.29 is 26.4 Å². The summed E-state index contributed by atoms with van der Waals surface area (Å²) < 4.78 is 57.0. The number of para-hydroxylation sites is 1. The van der Waals surface area contributed by atoms with E-state index in [1.54, 1.807) is 24.3 Å². The maximum Gasteiger partial charge on any atom is 0.236 e. The van der Waals surface area contributed by atoms with Gasteiger partial charge in [0.25, 0.3) is 0 Å². The van der Waals surface area contributed by atoms with Gasteiger partial charge in [-0.1, -0.05) is 104 Å². The normalized spacial score (nSPS) is 20.6. The topological polar surface area (TPSA) is 136 Å². The molecular weight excluding hydrogens is 755 g/mol. The number of ketones is 2. The van der Waals surface area contributed by atoms with E-state index in [-0.39, 0.29) is 24.2 Å². The molecule has 11 heteroatoms. The fraction of sp³-hybridized carbons (Fsp3) is 0.326. The molecule has 0 fully saturated rings. The standard InChI is InChI=1S/C46H45N3O6S2/c1-56(52,53)48-36-22-10-9-21-35(36)41-38(48)23-11-13-26-45(43(41)50,28-32-16-5-3-6-17-32)30-34-20-15-25-37-40(34)42-39(49(37)57(2,54)55)24-12-14-27-46(31-47,44(42)51)29-33-18-7-4-8-19-33/h3-10,15-22,25H,11-14,23-24,26-30H2,1-2H3/t45-,46-/m1/s1. The van der Waals surface area contributed by atoms with Gasteiger partial charge in [-0.25, -0.2) is 24.8 Å². The molecule has 2 aromatic heterocycles. The van der Waals surface area contributed by atoms with Crippen molar-refractivity contribution in [2.24, 2.45) is 10.8 Å². The fourth-order valence-corrected chi connectivity index (χ4v) is 12.0. The van der Waals surface area contributed by atoms with Gasteiger partial charge in [0.1, 0.15) is 5.41 Å². The van der Waals surface area contributed by atoms with Crippen molar-refractivity contribution in [1.29, 1.82) is 5.26 Å². The van der Waals surface area contributed by atoms with Gasteiger partial charge < -0.3 is 0 Å². The van der Waals surface area contributed by atoms with Gasteiger partial charge in [0.15, 0.2) is 11.6 Å². The molecule has 2 aliphatic carbocycles. The molecule has 0 amide bonds. The number of nitriles is 1. The van der Waals surface area contributed by atoms with Crippen LogP contribution < -0.4 is 0 Å². The Morgan fingerprint density at radius 2 is 1.14 bits per heavy atom. The molecule has 9 nitrogen and oxygen atoms in total. The lowest BCUT2D eigenvalue weighted by atomic mass is 9.66. The van der Waals surface area contributed by atoms with Crippen LogP contribution >= 0.6 is 0 Å². The Bertz CT molecular complexity index is 2840. The molecule has 0 bridgehead atoms. The van der Waals surface area contributed by atoms with E-state index in [0.29, 0.717) is 102 Å². The summed E-state index contributed by atoms with van der Waals surface area (Å²) in [4.78, 5) is 31.1. The SMILES string of the molecule is CS(=O)(=O)n1c2c(c3ccccc31)C(=O)[C@](Cc1ccccc1)(Cc1cccc3c1c1c(n3S(C)(=O)=O)CCCC[C@](C#N)(Cc3ccccc3)C1=O)CCCC2. The maximum atomic E-state index is 15.8. The molecule has 0 radical (unpaired) electrons. The Morgan fingerprint density at radius 1 is 0.596 bits per heavy atom. The third-order valence-electron chi connectivity index (χ3n) is 12.2. The van der Waals surface area contributed by atoms with Crippen LogP contribution in [0.1, 0.15) is 87.3 Å². The molecule has 57 heavy (non-hydrogen) atoms. The first-order valence-corrected chi connectivity index (χ1v) is 23.2. The monoisotopic (exact) mass is 799 g/mol. The molecule has 0 spiro atoms.